The number of benzene rings is 1. The lowest BCUT2D eigenvalue weighted by Gasteiger charge is -2.12. The van der Waals surface area contributed by atoms with Gasteiger partial charge in [0, 0.05) is 17.0 Å². The van der Waals surface area contributed by atoms with Gasteiger partial charge in [0.05, 0.1) is 6.61 Å². The maximum atomic E-state index is 12.9. The lowest BCUT2D eigenvalue weighted by molar-refractivity contribution is -0.124. The standard InChI is InChI=1S/C22H27NO4S/c1-4-12-27-22(25)19-18(16-10-8-15(5-2)9-11-16)14(3)28-21(19)23-20(24)17-7-6-13-26-17/h8-11,17H,4-7,12-13H2,1-3H3,(H,23,24)/t17-/m1/s1. The molecule has 1 saturated heterocycles. The highest BCUT2D eigenvalue weighted by Gasteiger charge is 2.29. The van der Waals surface area contributed by atoms with Crippen LogP contribution in [0.25, 0.3) is 11.1 Å². The Morgan fingerprint density at radius 1 is 1.25 bits per heavy atom. The molecular formula is C22H27NO4S. The summed E-state index contributed by atoms with van der Waals surface area (Å²) in [5.41, 5.74) is 3.45. The number of nitrogens with one attached hydrogen (secondary N) is 1. The molecule has 1 fully saturated rings. The van der Waals surface area contributed by atoms with Gasteiger partial charge < -0.3 is 14.8 Å². The van der Waals surface area contributed by atoms with E-state index in [4.69, 9.17) is 9.47 Å². The monoisotopic (exact) mass is 401 g/mol. The van der Waals surface area contributed by atoms with E-state index in [0.717, 1.165) is 35.3 Å². The van der Waals surface area contributed by atoms with Gasteiger partial charge in [0.1, 0.15) is 16.7 Å². The van der Waals surface area contributed by atoms with Gasteiger partial charge >= 0.3 is 5.97 Å². The Balaban J connectivity index is 1.98. The number of esters is 1. The molecule has 0 radical (unpaired) electrons. The molecule has 6 heteroatoms. The molecule has 5 nitrogen and oxygen atoms in total. The van der Waals surface area contributed by atoms with E-state index < -0.39 is 12.1 Å². The summed E-state index contributed by atoms with van der Waals surface area (Å²) >= 11 is 1.41. The van der Waals surface area contributed by atoms with Crippen molar-refractivity contribution in [2.45, 2.75) is 52.6 Å². The second-order valence-corrected chi connectivity index (χ2v) is 8.14. The van der Waals surface area contributed by atoms with Gasteiger partial charge in [-0.3, -0.25) is 4.79 Å². The summed E-state index contributed by atoms with van der Waals surface area (Å²) in [5, 5.41) is 3.45. The van der Waals surface area contributed by atoms with Crippen LogP contribution in [0.1, 0.15) is 53.9 Å². The maximum absolute atomic E-state index is 12.9. The number of rotatable bonds is 7. The Bertz CT molecular complexity index is 835. The number of carbonyl (C=O) groups excluding carboxylic acids is 2. The van der Waals surface area contributed by atoms with E-state index in [0.29, 0.717) is 30.2 Å². The Labute approximate surface area is 170 Å². The largest absolute Gasteiger partial charge is 0.462 e. The van der Waals surface area contributed by atoms with E-state index in [1.165, 1.54) is 16.9 Å². The number of aryl methyl sites for hydroxylation is 2. The molecule has 3 rings (SSSR count). The Morgan fingerprint density at radius 3 is 2.61 bits per heavy atom. The van der Waals surface area contributed by atoms with Gasteiger partial charge in [-0.1, -0.05) is 38.1 Å². The fourth-order valence-corrected chi connectivity index (χ4v) is 4.39. The van der Waals surface area contributed by atoms with Crippen molar-refractivity contribution in [1.82, 2.24) is 0 Å². The predicted octanol–water partition coefficient (Wildman–Crippen LogP) is 4.97. The summed E-state index contributed by atoms with van der Waals surface area (Å²) in [4.78, 5) is 26.4. The number of thiophene rings is 1. The van der Waals surface area contributed by atoms with Crippen LogP contribution in [0.2, 0.25) is 0 Å². The first-order chi connectivity index (χ1) is 13.5. The van der Waals surface area contributed by atoms with Crippen LogP contribution in [0.3, 0.4) is 0 Å². The summed E-state index contributed by atoms with van der Waals surface area (Å²) in [6, 6.07) is 8.18. The van der Waals surface area contributed by atoms with E-state index in [1.807, 2.05) is 26.0 Å². The van der Waals surface area contributed by atoms with Crippen molar-refractivity contribution in [1.29, 1.82) is 0 Å². The van der Waals surface area contributed by atoms with Crippen molar-refractivity contribution in [2.24, 2.45) is 0 Å². The molecule has 150 valence electrons. The van der Waals surface area contributed by atoms with E-state index in [2.05, 4.69) is 24.4 Å². The van der Waals surface area contributed by atoms with Gasteiger partial charge in [0.2, 0.25) is 0 Å². The topological polar surface area (TPSA) is 64.6 Å². The summed E-state index contributed by atoms with van der Waals surface area (Å²) in [7, 11) is 0. The summed E-state index contributed by atoms with van der Waals surface area (Å²) in [6.45, 7) is 6.98. The van der Waals surface area contributed by atoms with Crippen LogP contribution in [0.4, 0.5) is 5.00 Å². The van der Waals surface area contributed by atoms with Crippen LogP contribution in [-0.4, -0.2) is 31.2 Å². The van der Waals surface area contributed by atoms with Crippen LogP contribution >= 0.6 is 11.3 Å². The highest BCUT2D eigenvalue weighted by atomic mass is 32.1. The molecule has 1 N–H and O–H groups in total. The van der Waals surface area contributed by atoms with Crippen LogP contribution in [0.15, 0.2) is 24.3 Å². The van der Waals surface area contributed by atoms with Gasteiger partial charge in [0.15, 0.2) is 0 Å². The molecule has 1 aromatic carbocycles. The average Bonchev–Trinajstić information content (AvgIpc) is 3.34. The number of ether oxygens (including phenoxy) is 2. The normalized spacial score (nSPS) is 16.2. The van der Waals surface area contributed by atoms with E-state index in [9.17, 15) is 9.59 Å². The van der Waals surface area contributed by atoms with Crippen molar-refractivity contribution in [3.63, 3.8) is 0 Å². The Hall–Kier alpha value is -2.18. The molecule has 1 aromatic heterocycles. The molecule has 2 heterocycles. The second-order valence-electron chi connectivity index (χ2n) is 6.91. The number of carbonyl (C=O) groups is 2. The van der Waals surface area contributed by atoms with E-state index in [1.54, 1.807) is 0 Å². The minimum absolute atomic E-state index is 0.198. The molecule has 2 aromatic rings. The minimum atomic E-state index is -0.450. The SMILES string of the molecule is CCCOC(=O)c1c(NC(=O)[C@H]2CCCO2)sc(C)c1-c1ccc(CC)cc1. The molecule has 0 spiro atoms. The summed E-state index contributed by atoms with van der Waals surface area (Å²) in [5.74, 6) is -0.598. The van der Waals surface area contributed by atoms with Crippen LogP contribution in [0, 0.1) is 6.92 Å². The highest BCUT2D eigenvalue weighted by molar-refractivity contribution is 7.17. The first-order valence-electron chi connectivity index (χ1n) is 9.87. The smallest absolute Gasteiger partial charge is 0.341 e. The molecule has 0 aliphatic carbocycles. The first-order valence-corrected chi connectivity index (χ1v) is 10.7. The zero-order chi connectivity index (χ0) is 20.1. The molecule has 0 bridgehead atoms. The molecular weight excluding hydrogens is 374 g/mol. The zero-order valence-electron chi connectivity index (χ0n) is 16.7. The number of hydrogen-bond donors (Lipinski definition) is 1. The number of hydrogen-bond acceptors (Lipinski definition) is 5. The summed E-state index contributed by atoms with van der Waals surface area (Å²) in [6.07, 6.45) is 2.83. The van der Waals surface area contributed by atoms with Crippen molar-refractivity contribution in [3.05, 3.63) is 40.3 Å². The van der Waals surface area contributed by atoms with Crippen LogP contribution in [0.5, 0.6) is 0 Å². The van der Waals surface area contributed by atoms with Gasteiger partial charge in [-0.05, 0) is 43.7 Å². The average molecular weight is 402 g/mol. The fourth-order valence-electron chi connectivity index (χ4n) is 3.33. The van der Waals surface area contributed by atoms with Crippen molar-refractivity contribution < 1.29 is 19.1 Å². The number of anilines is 1. The zero-order valence-corrected chi connectivity index (χ0v) is 17.5. The molecule has 0 saturated carbocycles. The molecule has 1 atom stereocenters. The van der Waals surface area contributed by atoms with Crippen molar-refractivity contribution in [2.75, 3.05) is 18.5 Å². The third-order valence-corrected chi connectivity index (χ3v) is 5.86. The van der Waals surface area contributed by atoms with Crippen molar-refractivity contribution >= 4 is 28.2 Å². The van der Waals surface area contributed by atoms with E-state index in [-0.39, 0.29) is 5.91 Å². The molecule has 28 heavy (non-hydrogen) atoms. The summed E-state index contributed by atoms with van der Waals surface area (Å²) < 4.78 is 10.9. The Kier molecular flexibility index (Phi) is 6.86. The molecule has 1 amide bonds. The number of amides is 1. The van der Waals surface area contributed by atoms with Gasteiger partial charge in [-0.25, -0.2) is 4.79 Å². The molecule has 1 aliphatic rings. The maximum Gasteiger partial charge on any atom is 0.341 e. The van der Waals surface area contributed by atoms with Gasteiger partial charge in [-0.15, -0.1) is 11.3 Å². The van der Waals surface area contributed by atoms with Crippen LogP contribution < -0.4 is 5.32 Å². The lowest BCUT2D eigenvalue weighted by atomic mass is 9.99. The van der Waals surface area contributed by atoms with Crippen LogP contribution in [-0.2, 0) is 20.7 Å². The molecule has 1 aliphatic heterocycles. The lowest BCUT2D eigenvalue weighted by Crippen LogP contribution is -2.27. The second kappa shape index (κ2) is 9.34. The predicted molar refractivity (Wildman–Crippen MR) is 112 cm³/mol. The highest BCUT2D eigenvalue weighted by Crippen LogP contribution is 2.40. The van der Waals surface area contributed by atoms with Gasteiger partial charge in [0.25, 0.3) is 5.91 Å². The van der Waals surface area contributed by atoms with Crippen molar-refractivity contribution in [3.8, 4) is 11.1 Å². The Morgan fingerprint density at radius 2 is 2.00 bits per heavy atom. The third kappa shape index (κ3) is 4.45. The first kappa shape index (κ1) is 20.6. The minimum Gasteiger partial charge on any atom is -0.462 e. The van der Waals surface area contributed by atoms with Gasteiger partial charge in [-0.2, -0.15) is 0 Å². The molecule has 0 unspecified atom stereocenters. The van der Waals surface area contributed by atoms with E-state index >= 15 is 0 Å². The fraction of sp³-hybridized carbons (Fsp3) is 0.455. The quantitative estimate of drug-likeness (QED) is 0.665. The third-order valence-electron chi connectivity index (χ3n) is 4.84.